The van der Waals surface area contributed by atoms with Crippen molar-refractivity contribution in [2.45, 2.75) is 44.2 Å². The number of rotatable bonds is 9. The predicted octanol–water partition coefficient (Wildman–Crippen LogP) is 3.76. The number of anilines is 1. The third kappa shape index (κ3) is 4.92. The fourth-order valence-corrected chi connectivity index (χ4v) is 5.54. The quantitative estimate of drug-likeness (QED) is 0.535. The summed E-state index contributed by atoms with van der Waals surface area (Å²) in [6.07, 6.45) is 4.55. The third-order valence-electron chi connectivity index (χ3n) is 7.17. The average molecular weight is 455 g/mol. The van der Waals surface area contributed by atoms with Crippen LogP contribution in [0.1, 0.15) is 42.1 Å². The molecule has 0 bridgehead atoms. The Labute approximate surface area is 194 Å². The topological polar surface area (TPSA) is 77.5 Å². The van der Waals surface area contributed by atoms with E-state index in [1.807, 2.05) is 24.3 Å². The number of hydrogen-bond acceptors (Lipinski definition) is 5. The van der Waals surface area contributed by atoms with E-state index in [1.54, 1.807) is 0 Å². The van der Waals surface area contributed by atoms with Gasteiger partial charge < -0.3 is 20.6 Å². The Morgan fingerprint density at radius 2 is 2.00 bits per heavy atom. The van der Waals surface area contributed by atoms with Gasteiger partial charge in [0.25, 0.3) is 0 Å². The largest absolute Gasteiger partial charge is 0.481 e. The Morgan fingerprint density at radius 1 is 1.22 bits per heavy atom. The van der Waals surface area contributed by atoms with Crippen LogP contribution in [0.2, 0.25) is 5.02 Å². The number of carbonyl (C=O) groups is 1. The fourth-order valence-electron chi connectivity index (χ4n) is 5.41. The number of nitrogens with zero attached hydrogens (tertiary/aromatic N) is 2. The second-order valence-electron chi connectivity index (χ2n) is 9.43. The number of halogens is 1. The van der Waals surface area contributed by atoms with Crippen LogP contribution in [0.5, 0.6) is 0 Å². The van der Waals surface area contributed by atoms with Gasteiger partial charge >= 0.3 is 5.97 Å². The van der Waals surface area contributed by atoms with Gasteiger partial charge in [-0.2, -0.15) is 0 Å². The number of aliphatic carboxylic acids is 1. The molecule has 2 unspecified atom stereocenters. The Hall–Kier alpha value is -2.15. The average Bonchev–Trinajstić information content (AvgIpc) is 3.22. The molecule has 3 aliphatic rings. The van der Waals surface area contributed by atoms with Crippen molar-refractivity contribution in [1.82, 2.24) is 15.2 Å². The second kappa shape index (κ2) is 9.38. The number of carboxylic acid groups (broad SMARTS) is 1. The maximum atomic E-state index is 11.4. The molecule has 1 aromatic carbocycles. The number of likely N-dealkylation sites (tertiary alicyclic amines) is 1. The first-order chi connectivity index (χ1) is 15.6. The highest BCUT2D eigenvalue weighted by molar-refractivity contribution is 6.30. The van der Waals surface area contributed by atoms with Crippen molar-refractivity contribution in [3.05, 3.63) is 58.2 Å². The first kappa shape index (κ1) is 21.7. The maximum absolute atomic E-state index is 11.4. The Balaban J connectivity index is 1.08. The minimum absolute atomic E-state index is 0.0872. The summed E-state index contributed by atoms with van der Waals surface area (Å²) in [6.45, 7) is 4.33. The number of benzene rings is 1. The lowest BCUT2D eigenvalue weighted by atomic mass is 10.0. The SMILES string of the molecule is O=C(O)CC(NC1[C@H]2CN(CCCc3ccc4c(n3)NCCC4)C[C@@H]12)c1ccc(Cl)cc1. The van der Waals surface area contributed by atoms with Gasteiger partial charge in [0.15, 0.2) is 0 Å². The number of piperidine rings is 1. The molecule has 6 nitrogen and oxygen atoms in total. The van der Waals surface area contributed by atoms with E-state index in [0.29, 0.717) is 22.9 Å². The van der Waals surface area contributed by atoms with E-state index in [-0.39, 0.29) is 12.5 Å². The molecular weight excluding hydrogens is 424 g/mol. The molecule has 170 valence electrons. The lowest BCUT2D eigenvalue weighted by molar-refractivity contribution is -0.137. The van der Waals surface area contributed by atoms with Crippen LogP contribution in [-0.4, -0.2) is 53.2 Å². The molecule has 5 rings (SSSR count). The molecule has 0 radical (unpaired) electrons. The van der Waals surface area contributed by atoms with Crippen LogP contribution in [0.25, 0.3) is 0 Å². The summed E-state index contributed by atoms with van der Waals surface area (Å²) >= 11 is 6.00. The molecule has 1 aromatic heterocycles. The van der Waals surface area contributed by atoms with E-state index >= 15 is 0 Å². The zero-order valence-electron chi connectivity index (χ0n) is 18.3. The summed E-state index contributed by atoms with van der Waals surface area (Å²) in [4.78, 5) is 18.7. The molecule has 1 aliphatic carbocycles. The first-order valence-electron chi connectivity index (χ1n) is 11.7. The van der Waals surface area contributed by atoms with Gasteiger partial charge in [0.05, 0.1) is 6.42 Å². The Bertz CT molecular complexity index is 955. The van der Waals surface area contributed by atoms with Crippen molar-refractivity contribution in [1.29, 1.82) is 0 Å². The molecule has 0 spiro atoms. The fraction of sp³-hybridized carbons (Fsp3) is 0.520. The highest BCUT2D eigenvalue weighted by atomic mass is 35.5. The highest BCUT2D eigenvalue weighted by Gasteiger charge is 2.55. The molecule has 1 saturated carbocycles. The molecule has 4 atom stereocenters. The summed E-state index contributed by atoms with van der Waals surface area (Å²) in [7, 11) is 0. The molecule has 0 amide bonds. The van der Waals surface area contributed by atoms with Crippen molar-refractivity contribution in [3.8, 4) is 0 Å². The van der Waals surface area contributed by atoms with E-state index in [2.05, 4.69) is 27.7 Å². The van der Waals surface area contributed by atoms with Crippen LogP contribution >= 0.6 is 11.6 Å². The van der Waals surface area contributed by atoms with Crippen LogP contribution in [0, 0.1) is 11.8 Å². The summed E-state index contributed by atoms with van der Waals surface area (Å²) in [5.74, 6) is 1.56. The van der Waals surface area contributed by atoms with Crippen molar-refractivity contribution < 1.29 is 9.90 Å². The van der Waals surface area contributed by atoms with Gasteiger partial charge in [0.1, 0.15) is 5.82 Å². The van der Waals surface area contributed by atoms with Gasteiger partial charge in [-0.15, -0.1) is 0 Å². The molecule has 7 heteroatoms. The zero-order valence-corrected chi connectivity index (χ0v) is 19.0. The van der Waals surface area contributed by atoms with E-state index in [0.717, 1.165) is 56.8 Å². The monoisotopic (exact) mass is 454 g/mol. The number of carboxylic acids is 1. The summed E-state index contributed by atoms with van der Waals surface area (Å²) < 4.78 is 0. The van der Waals surface area contributed by atoms with E-state index < -0.39 is 5.97 Å². The predicted molar refractivity (Wildman–Crippen MR) is 126 cm³/mol. The molecular formula is C25H31ClN4O2. The van der Waals surface area contributed by atoms with Crippen molar-refractivity contribution >= 4 is 23.4 Å². The van der Waals surface area contributed by atoms with E-state index in [4.69, 9.17) is 16.6 Å². The molecule has 3 N–H and O–H groups in total. The minimum Gasteiger partial charge on any atom is -0.481 e. The number of hydrogen-bond donors (Lipinski definition) is 3. The molecule has 3 heterocycles. The van der Waals surface area contributed by atoms with Crippen molar-refractivity contribution in [2.75, 3.05) is 31.5 Å². The summed E-state index contributed by atoms with van der Waals surface area (Å²) in [5, 5.41) is 17.1. The van der Waals surface area contributed by atoms with Crippen LogP contribution < -0.4 is 10.6 Å². The normalized spacial score (nSPS) is 25.0. The molecule has 2 fully saturated rings. The zero-order chi connectivity index (χ0) is 22.1. The number of pyridine rings is 1. The smallest absolute Gasteiger partial charge is 0.305 e. The van der Waals surface area contributed by atoms with Crippen LogP contribution in [0.3, 0.4) is 0 Å². The lowest BCUT2D eigenvalue weighted by Crippen LogP contribution is -2.34. The van der Waals surface area contributed by atoms with E-state index in [1.165, 1.54) is 17.7 Å². The number of nitrogens with one attached hydrogen (secondary N) is 2. The highest BCUT2D eigenvalue weighted by Crippen LogP contribution is 2.46. The van der Waals surface area contributed by atoms with Gasteiger partial charge in [0, 0.05) is 42.4 Å². The van der Waals surface area contributed by atoms with Gasteiger partial charge in [0.2, 0.25) is 0 Å². The molecule has 1 saturated heterocycles. The van der Waals surface area contributed by atoms with Crippen LogP contribution in [0.4, 0.5) is 5.82 Å². The van der Waals surface area contributed by atoms with Gasteiger partial charge in [-0.1, -0.05) is 29.8 Å². The number of fused-ring (bicyclic) bond motifs is 2. The summed E-state index contributed by atoms with van der Waals surface area (Å²) in [6, 6.07) is 12.2. The van der Waals surface area contributed by atoms with Crippen LogP contribution in [0.15, 0.2) is 36.4 Å². The van der Waals surface area contributed by atoms with Crippen LogP contribution in [-0.2, 0) is 17.6 Å². The standard InChI is InChI=1S/C25H31ClN4O2/c26-18-8-5-16(6-9-18)22(13-23(31)32)29-24-20-14-30(15-21(20)24)12-2-4-19-10-7-17-3-1-11-27-25(17)28-19/h5-10,20-22,24,29H,1-4,11-15H2,(H,27,28)(H,31,32)/t20-,21+,22?,24?. The third-order valence-corrected chi connectivity index (χ3v) is 7.43. The molecule has 2 aliphatic heterocycles. The number of aryl methyl sites for hydroxylation is 2. The van der Waals surface area contributed by atoms with Gasteiger partial charge in [-0.25, -0.2) is 4.98 Å². The molecule has 2 aromatic rings. The molecule has 32 heavy (non-hydrogen) atoms. The Kier molecular flexibility index (Phi) is 6.35. The minimum atomic E-state index is -0.782. The first-order valence-corrected chi connectivity index (χ1v) is 12.1. The van der Waals surface area contributed by atoms with Gasteiger partial charge in [-0.05, 0) is 73.4 Å². The number of aromatic nitrogens is 1. The van der Waals surface area contributed by atoms with Crippen molar-refractivity contribution in [3.63, 3.8) is 0 Å². The van der Waals surface area contributed by atoms with E-state index in [9.17, 15) is 9.90 Å². The lowest BCUT2D eigenvalue weighted by Gasteiger charge is -2.23. The van der Waals surface area contributed by atoms with Crippen molar-refractivity contribution in [2.24, 2.45) is 11.8 Å². The Morgan fingerprint density at radius 3 is 2.75 bits per heavy atom. The summed E-state index contributed by atoms with van der Waals surface area (Å²) in [5.41, 5.74) is 3.52. The van der Waals surface area contributed by atoms with Gasteiger partial charge in [-0.3, -0.25) is 4.79 Å². The maximum Gasteiger partial charge on any atom is 0.305 e. The second-order valence-corrected chi connectivity index (χ2v) is 9.86.